The Kier molecular flexibility index (Phi) is 5.36. The van der Waals surface area contributed by atoms with E-state index in [0.29, 0.717) is 22.9 Å². The van der Waals surface area contributed by atoms with Gasteiger partial charge in [-0.3, -0.25) is 9.52 Å². The van der Waals surface area contributed by atoms with Crippen LogP contribution in [0.4, 0.5) is 10.8 Å². The summed E-state index contributed by atoms with van der Waals surface area (Å²) in [5, 5.41) is 5.01. The third kappa shape index (κ3) is 5.39. The summed E-state index contributed by atoms with van der Waals surface area (Å²) in [5.74, 6) is 2.24. The maximum Gasteiger partial charge on any atom is 0.229 e. The van der Waals surface area contributed by atoms with Crippen molar-refractivity contribution in [2.75, 3.05) is 16.3 Å². The summed E-state index contributed by atoms with van der Waals surface area (Å²) in [7, 11) is -3.30. The molecule has 0 bridgehead atoms. The molecule has 0 aliphatic carbocycles. The number of carbonyl (C=O) groups excluding carboxylic acids is 1. The first-order chi connectivity index (χ1) is 10.9. The molecule has 0 saturated carbocycles. The molecule has 0 radical (unpaired) electrons. The van der Waals surface area contributed by atoms with E-state index in [-0.39, 0.29) is 12.3 Å². The van der Waals surface area contributed by atoms with Crippen LogP contribution in [0.3, 0.4) is 0 Å². The highest BCUT2D eigenvalue weighted by molar-refractivity contribution is 7.92. The van der Waals surface area contributed by atoms with Crippen LogP contribution in [0.1, 0.15) is 12.8 Å². The highest BCUT2D eigenvalue weighted by Crippen LogP contribution is 2.26. The second kappa shape index (κ2) is 7.26. The number of sulfonamides is 1. The van der Waals surface area contributed by atoms with Crippen LogP contribution in [0.15, 0.2) is 29.6 Å². The molecule has 0 unspecified atom stereocenters. The zero-order valence-corrected chi connectivity index (χ0v) is 14.0. The van der Waals surface area contributed by atoms with Crippen molar-refractivity contribution in [3.8, 4) is 23.6 Å². The average Bonchev–Trinajstić information content (AvgIpc) is 2.92. The second-order valence-electron chi connectivity index (χ2n) is 4.74. The molecule has 2 aromatic rings. The fraction of sp³-hybridized carbons (Fsp3) is 0.200. The Labute approximate surface area is 139 Å². The lowest BCUT2D eigenvalue weighted by Gasteiger charge is -2.04. The van der Waals surface area contributed by atoms with Crippen LogP contribution < -0.4 is 10.0 Å². The van der Waals surface area contributed by atoms with E-state index in [1.165, 1.54) is 11.3 Å². The van der Waals surface area contributed by atoms with Crippen molar-refractivity contribution >= 4 is 38.1 Å². The van der Waals surface area contributed by atoms with E-state index >= 15 is 0 Å². The number of aromatic nitrogens is 1. The van der Waals surface area contributed by atoms with E-state index in [1.807, 2.05) is 5.38 Å². The maximum absolute atomic E-state index is 11.6. The van der Waals surface area contributed by atoms with Crippen LogP contribution in [-0.4, -0.2) is 25.6 Å². The number of carbonyl (C=O) groups is 1. The predicted octanol–water partition coefficient (Wildman–Crippen LogP) is 2.53. The number of thiazole rings is 1. The summed E-state index contributed by atoms with van der Waals surface area (Å²) in [6, 6.07) is 6.82. The minimum Gasteiger partial charge on any atom is -0.302 e. The Bertz CT molecular complexity index is 834. The predicted molar refractivity (Wildman–Crippen MR) is 92.7 cm³/mol. The Morgan fingerprint density at radius 1 is 1.35 bits per heavy atom. The minimum atomic E-state index is -3.30. The quantitative estimate of drug-likeness (QED) is 0.785. The molecule has 6 nitrogen and oxygen atoms in total. The van der Waals surface area contributed by atoms with Crippen molar-refractivity contribution in [3.05, 3.63) is 29.6 Å². The summed E-state index contributed by atoms with van der Waals surface area (Å²) < 4.78 is 24.7. The Morgan fingerprint density at radius 3 is 2.65 bits per heavy atom. The smallest absolute Gasteiger partial charge is 0.229 e. The molecule has 0 atom stereocenters. The van der Waals surface area contributed by atoms with Gasteiger partial charge in [-0.2, -0.15) is 0 Å². The molecule has 0 aliphatic heterocycles. The lowest BCUT2D eigenvalue weighted by atomic mass is 10.1. The van der Waals surface area contributed by atoms with Crippen LogP contribution in [0.5, 0.6) is 0 Å². The summed E-state index contributed by atoms with van der Waals surface area (Å²) >= 11 is 1.31. The minimum absolute atomic E-state index is 0.170. The van der Waals surface area contributed by atoms with Crippen LogP contribution in [0, 0.1) is 12.3 Å². The maximum atomic E-state index is 11.6. The van der Waals surface area contributed by atoms with E-state index in [9.17, 15) is 13.2 Å². The number of rotatable bonds is 6. The van der Waals surface area contributed by atoms with Crippen molar-refractivity contribution in [1.29, 1.82) is 0 Å². The number of hydrogen-bond donors (Lipinski definition) is 2. The second-order valence-corrected chi connectivity index (χ2v) is 7.35. The fourth-order valence-corrected chi connectivity index (χ4v) is 3.05. The number of nitrogens with one attached hydrogen (secondary N) is 2. The highest BCUT2D eigenvalue weighted by Gasteiger charge is 2.08. The SMILES string of the molecule is C#CCCC(=O)Nc1nc(-c2ccc(NS(C)(=O)=O)cc2)cs1. The zero-order chi connectivity index (χ0) is 16.9. The molecular formula is C15H15N3O3S2. The molecular weight excluding hydrogens is 334 g/mol. The number of hydrogen-bond acceptors (Lipinski definition) is 5. The van der Waals surface area contributed by atoms with Gasteiger partial charge < -0.3 is 5.32 Å². The van der Waals surface area contributed by atoms with Gasteiger partial charge in [-0.25, -0.2) is 13.4 Å². The molecule has 1 amide bonds. The number of benzene rings is 1. The molecule has 0 spiro atoms. The van der Waals surface area contributed by atoms with Gasteiger partial charge in [-0.15, -0.1) is 23.7 Å². The number of anilines is 2. The summed E-state index contributed by atoms with van der Waals surface area (Å²) in [6.07, 6.45) is 6.86. The molecule has 0 saturated heterocycles. The molecule has 2 rings (SSSR count). The van der Waals surface area contributed by atoms with E-state index in [4.69, 9.17) is 6.42 Å². The van der Waals surface area contributed by atoms with Crippen LogP contribution in [0.25, 0.3) is 11.3 Å². The standard InChI is InChI=1S/C15H15N3O3S2/c1-3-4-5-14(19)17-15-16-13(10-22-15)11-6-8-12(9-7-11)18-23(2,20)21/h1,6-10,18H,4-5H2,2H3,(H,16,17,19). The van der Waals surface area contributed by atoms with Crippen molar-refractivity contribution < 1.29 is 13.2 Å². The van der Waals surface area contributed by atoms with Crippen molar-refractivity contribution in [2.24, 2.45) is 0 Å². The van der Waals surface area contributed by atoms with Gasteiger partial charge in [0.2, 0.25) is 15.9 Å². The Morgan fingerprint density at radius 2 is 2.04 bits per heavy atom. The van der Waals surface area contributed by atoms with Gasteiger partial charge in [-0.05, 0) is 12.1 Å². The van der Waals surface area contributed by atoms with E-state index in [0.717, 1.165) is 11.8 Å². The molecule has 0 fully saturated rings. The van der Waals surface area contributed by atoms with Crippen LogP contribution in [0.2, 0.25) is 0 Å². The van der Waals surface area contributed by atoms with Gasteiger partial charge in [0.1, 0.15) is 0 Å². The van der Waals surface area contributed by atoms with Crippen LogP contribution in [-0.2, 0) is 14.8 Å². The monoisotopic (exact) mass is 349 g/mol. The fourth-order valence-electron chi connectivity index (χ4n) is 1.75. The summed E-state index contributed by atoms with van der Waals surface area (Å²) in [6.45, 7) is 0. The number of nitrogens with zero attached hydrogens (tertiary/aromatic N) is 1. The Hall–Kier alpha value is -2.37. The Balaban J connectivity index is 2.06. The lowest BCUT2D eigenvalue weighted by Crippen LogP contribution is -2.10. The molecule has 23 heavy (non-hydrogen) atoms. The largest absolute Gasteiger partial charge is 0.302 e. The van der Waals surface area contributed by atoms with Crippen molar-refractivity contribution in [1.82, 2.24) is 4.98 Å². The van der Waals surface area contributed by atoms with Gasteiger partial charge >= 0.3 is 0 Å². The van der Waals surface area contributed by atoms with Crippen LogP contribution >= 0.6 is 11.3 Å². The van der Waals surface area contributed by atoms with Gasteiger partial charge in [0, 0.05) is 29.5 Å². The number of terminal acetylenes is 1. The highest BCUT2D eigenvalue weighted by atomic mass is 32.2. The van der Waals surface area contributed by atoms with E-state index < -0.39 is 10.0 Å². The summed E-state index contributed by atoms with van der Waals surface area (Å²) in [4.78, 5) is 15.9. The average molecular weight is 349 g/mol. The third-order valence-electron chi connectivity index (χ3n) is 2.73. The van der Waals surface area contributed by atoms with Gasteiger partial charge in [0.05, 0.1) is 11.9 Å². The molecule has 0 aliphatic rings. The first kappa shape index (κ1) is 17.0. The van der Waals surface area contributed by atoms with Gasteiger partial charge in [-0.1, -0.05) is 12.1 Å². The van der Waals surface area contributed by atoms with E-state index in [2.05, 4.69) is 20.9 Å². The number of amides is 1. The first-order valence-corrected chi connectivity index (χ1v) is 9.41. The van der Waals surface area contributed by atoms with Gasteiger partial charge in [0.15, 0.2) is 5.13 Å². The normalized spacial score (nSPS) is 10.8. The molecule has 1 aromatic heterocycles. The molecule has 1 aromatic carbocycles. The van der Waals surface area contributed by atoms with Crippen molar-refractivity contribution in [3.63, 3.8) is 0 Å². The van der Waals surface area contributed by atoms with Crippen molar-refractivity contribution in [2.45, 2.75) is 12.8 Å². The third-order valence-corrected chi connectivity index (χ3v) is 4.10. The lowest BCUT2D eigenvalue weighted by molar-refractivity contribution is -0.116. The molecule has 8 heteroatoms. The first-order valence-electron chi connectivity index (χ1n) is 6.64. The zero-order valence-electron chi connectivity index (χ0n) is 12.4. The van der Waals surface area contributed by atoms with E-state index in [1.54, 1.807) is 24.3 Å². The summed E-state index contributed by atoms with van der Waals surface area (Å²) in [5.41, 5.74) is 2.01. The van der Waals surface area contributed by atoms with Gasteiger partial charge in [0.25, 0.3) is 0 Å². The molecule has 120 valence electrons. The molecule has 1 heterocycles. The molecule has 2 N–H and O–H groups in total. The topological polar surface area (TPSA) is 88.2 Å².